The number of nitrogens with one attached hydrogen (secondary N) is 2. The molecule has 2 heterocycles. The van der Waals surface area contributed by atoms with Crippen molar-refractivity contribution < 1.29 is 9.59 Å². The van der Waals surface area contributed by atoms with Gasteiger partial charge in [-0.3, -0.25) is 9.59 Å². The average Bonchev–Trinajstić information content (AvgIpc) is 3.14. The third-order valence-corrected chi connectivity index (χ3v) is 3.05. The minimum Gasteiger partial charge on any atom is -0.352 e. The lowest BCUT2D eigenvalue weighted by Gasteiger charge is -2.05. The third kappa shape index (κ3) is 4.25. The van der Waals surface area contributed by atoms with E-state index >= 15 is 0 Å². The molecule has 2 aromatic rings. The zero-order valence-electron chi connectivity index (χ0n) is 13.1. The van der Waals surface area contributed by atoms with E-state index in [0.29, 0.717) is 30.9 Å². The molecule has 9 heteroatoms. The number of nitrogens with zero attached hydrogens (tertiary/aromatic N) is 5. The van der Waals surface area contributed by atoms with E-state index in [-0.39, 0.29) is 11.7 Å². The van der Waals surface area contributed by atoms with Gasteiger partial charge in [-0.15, -0.1) is 15.0 Å². The summed E-state index contributed by atoms with van der Waals surface area (Å²) in [5.74, 6) is 0.108. The maximum Gasteiger partial charge on any atom is 0.292 e. The molecule has 0 fully saturated rings. The zero-order valence-corrected chi connectivity index (χ0v) is 13.1. The highest BCUT2D eigenvalue weighted by Gasteiger charge is 2.14. The summed E-state index contributed by atoms with van der Waals surface area (Å²) in [6.07, 6.45) is 2.44. The summed E-state index contributed by atoms with van der Waals surface area (Å²) in [7, 11) is 1.84. The van der Waals surface area contributed by atoms with Crippen LogP contribution in [0, 0.1) is 0 Å². The number of hydrogen-bond donors (Lipinski definition) is 2. The largest absolute Gasteiger partial charge is 0.352 e. The van der Waals surface area contributed by atoms with Crippen molar-refractivity contribution in [2.75, 3.05) is 13.1 Å². The summed E-state index contributed by atoms with van der Waals surface area (Å²) in [4.78, 5) is 24.5. The molecule has 0 unspecified atom stereocenters. The van der Waals surface area contributed by atoms with Crippen LogP contribution in [0.1, 0.15) is 24.0 Å². The molecular formula is C14H19N7O2. The summed E-state index contributed by atoms with van der Waals surface area (Å²) >= 11 is 0. The Morgan fingerprint density at radius 3 is 2.70 bits per heavy atom. The van der Waals surface area contributed by atoms with Gasteiger partial charge in [-0.2, -0.15) is 0 Å². The van der Waals surface area contributed by atoms with E-state index in [4.69, 9.17) is 0 Å². The number of rotatable bonds is 7. The summed E-state index contributed by atoms with van der Waals surface area (Å²) in [6, 6.07) is 3.66. The standard InChI is InChI=1S/C14H19N7O2/c1-10(2)13(22)15-7-5-8-16-14(23)12-17-19-21(18-12)11-6-4-9-20(11)3/h4,6,9H,1,5,7-8H2,2-3H3,(H,15,22)(H,16,23). The van der Waals surface area contributed by atoms with Gasteiger partial charge in [0, 0.05) is 31.9 Å². The van der Waals surface area contributed by atoms with Crippen molar-refractivity contribution in [3.63, 3.8) is 0 Å². The second kappa shape index (κ2) is 7.34. The zero-order chi connectivity index (χ0) is 16.8. The highest BCUT2D eigenvalue weighted by atomic mass is 16.2. The molecule has 2 rings (SSSR count). The molecule has 23 heavy (non-hydrogen) atoms. The molecule has 0 aromatic carbocycles. The number of amides is 2. The first-order valence-corrected chi connectivity index (χ1v) is 7.12. The fraction of sp³-hybridized carbons (Fsp3) is 0.357. The van der Waals surface area contributed by atoms with E-state index in [9.17, 15) is 9.59 Å². The smallest absolute Gasteiger partial charge is 0.292 e. The lowest BCUT2D eigenvalue weighted by molar-refractivity contribution is -0.117. The van der Waals surface area contributed by atoms with Crippen molar-refractivity contribution in [1.82, 2.24) is 35.4 Å². The van der Waals surface area contributed by atoms with E-state index in [1.54, 1.807) is 6.92 Å². The van der Waals surface area contributed by atoms with Gasteiger partial charge in [-0.1, -0.05) is 6.58 Å². The fourth-order valence-electron chi connectivity index (χ4n) is 1.78. The Hall–Kier alpha value is -2.97. The fourth-order valence-corrected chi connectivity index (χ4v) is 1.78. The van der Waals surface area contributed by atoms with E-state index in [0.717, 1.165) is 0 Å². The second-order valence-electron chi connectivity index (χ2n) is 5.03. The van der Waals surface area contributed by atoms with Crippen LogP contribution in [-0.2, 0) is 11.8 Å². The minimum absolute atomic E-state index is 0.00262. The number of carbonyl (C=O) groups is 2. The molecular weight excluding hydrogens is 298 g/mol. The topological polar surface area (TPSA) is 107 Å². The Kier molecular flexibility index (Phi) is 5.23. The van der Waals surface area contributed by atoms with Gasteiger partial charge in [-0.25, -0.2) is 0 Å². The van der Waals surface area contributed by atoms with Crippen molar-refractivity contribution in [3.8, 4) is 5.82 Å². The van der Waals surface area contributed by atoms with Crippen molar-refractivity contribution in [3.05, 3.63) is 36.3 Å². The first-order chi connectivity index (χ1) is 11.0. The Morgan fingerprint density at radius 2 is 2.04 bits per heavy atom. The number of hydrogen-bond acceptors (Lipinski definition) is 5. The van der Waals surface area contributed by atoms with Crippen LogP contribution < -0.4 is 10.6 Å². The van der Waals surface area contributed by atoms with Gasteiger partial charge < -0.3 is 15.2 Å². The maximum atomic E-state index is 11.9. The van der Waals surface area contributed by atoms with Crippen LogP contribution >= 0.6 is 0 Å². The lowest BCUT2D eigenvalue weighted by atomic mass is 10.3. The SMILES string of the molecule is C=C(C)C(=O)NCCCNC(=O)c1nnn(-c2cccn2C)n1. The van der Waals surface area contributed by atoms with E-state index < -0.39 is 5.91 Å². The van der Waals surface area contributed by atoms with Gasteiger partial charge in [0.2, 0.25) is 5.91 Å². The Labute approximate surface area is 133 Å². The molecule has 0 aliphatic rings. The van der Waals surface area contributed by atoms with Crippen LogP contribution in [0.2, 0.25) is 0 Å². The summed E-state index contributed by atoms with van der Waals surface area (Å²) in [5.41, 5.74) is 0.454. The van der Waals surface area contributed by atoms with Crippen LogP contribution in [0.15, 0.2) is 30.5 Å². The van der Waals surface area contributed by atoms with Crippen molar-refractivity contribution >= 4 is 11.8 Å². The van der Waals surface area contributed by atoms with Gasteiger partial charge in [0.1, 0.15) is 0 Å². The first-order valence-electron chi connectivity index (χ1n) is 7.12. The molecule has 0 aliphatic carbocycles. The normalized spacial score (nSPS) is 10.3. The average molecular weight is 317 g/mol. The molecule has 0 radical (unpaired) electrons. The first kappa shape index (κ1) is 16.4. The molecule has 2 amide bonds. The molecule has 0 spiro atoms. The molecule has 2 N–H and O–H groups in total. The van der Waals surface area contributed by atoms with Crippen molar-refractivity contribution in [2.45, 2.75) is 13.3 Å². The second-order valence-corrected chi connectivity index (χ2v) is 5.03. The lowest BCUT2D eigenvalue weighted by Crippen LogP contribution is -2.30. The van der Waals surface area contributed by atoms with Gasteiger partial charge >= 0.3 is 0 Å². The molecule has 0 bridgehead atoms. The van der Waals surface area contributed by atoms with Gasteiger partial charge in [0.15, 0.2) is 5.82 Å². The summed E-state index contributed by atoms with van der Waals surface area (Å²) in [6.45, 7) is 6.03. The maximum absolute atomic E-state index is 11.9. The van der Waals surface area contributed by atoms with Crippen LogP contribution in [0.25, 0.3) is 5.82 Å². The number of aryl methyl sites for hydroxylation is 1. The highest BCUT2D eigenvalue weighted by molar-refractivity contribution is 5.92. The summed E-state index contributed by atoms with van der Waals surface area (Å²) < 4.78 is 1.81. The van der Waals surface area contributed by atoms with Crippen molar-refractivity contribution in [2.24, 2.45) is 7.05 Å². The molecule has 0 aliphatic heterocycles. The van der Waals surface area contributed by atoms with Crippen molar-refractivity contribution in [1.29, 1.82) is 0 Å². The Balaban J connectivity index is 1.79. The van der Waals surface area contributed by atoms with Crippen LogP contribution in [0.4, 0.5) is 0 Å². The molecule has 122 valence electrons. The third-order valence-electron chi connectivity index (χ3n) is 3.05. The predicted molar refractivity (Wildman–Crippen MR) is 82.9 cm³/mol. The Bertz CT molecular complexity index is 716. The van der Waals surface area contributed by atoms with Crippen LogP contribution in [-0.4, -0.2) is 49.7 Å². The molecule has 0 saturated heterocycles. The molecule has 0 atom stereocenters. The predicted octanol–water partition coefficient (Wildman–Crippen LogP) is -0.187. The van der Waals surface area contributed by atoms with Crippen LogP contribution in [0.5, 0.6) is 0 Å². The monoisotopic (exact) mass is 317 g/mol. The quantitative estimate of drug-likeness (QED) is 0.544. The van der Waals surface area contributed by atoms with Gasteiger partial charge in [0.05, 0.1) is 0 Å². The van der Waals surface area contributed by atoms with Crippen LogP contribution in [0.3, 0.4) is 0 Å². The highest BCUT2D eigenvalue weighted by Crippen LogP contribution is 2.03. The Morgan fingerprint density at radius 1 is 1.30 bits per heavy atom. The van der Waals surface area contributed by atoms with Gasteiger partial charge in [0.25, 0.3) is 11.7 Å². The molecule has 9 nitrogen and oxygen atoms in total. The van der Waals surface area contributed by atoms with E-state index in [2.05, 4.69) is 32.6 Å². The molecule has 2 aromatic heterocycles. The number of carbonyl (C=O) groups excluding carboxylic acids is 2. The van der Waals surface area contributed by atoms with E-state index in [1.807, 2.05) is 29.9 Å². The van der Waals surface area contributed by atoms with Gasteiger partial charge in [-0.05, 0) is 30.7 Å². The van der Waals surface area contributed by atoms with E-state index in [1.165, 1.54) is 4.80 Å². The molecule has 0 saturated carbocycles. The minimum atomic E-state index is -0.406. The number of aromatic nitrogens is 5. The number of tetrazole rings is 1. The summed E-state index contributed by atoms with van der Waals surface area (Å²) in [5, 5.41) is 17.0.